The highest BCUT2D eigenvalue weighted by Crippen LogP contribution is 2.31. The van der Waals surface area contributed by atoms with Crippen molar-refractivity contribution in [2.24, 2.45) is 5.92 Å². The topological polar surface area (TPSA) is 18.5 Å². The van der Waals surface area contributed by atoms with Crippen molar-refractivity contribution in [1.29, 1.82) is 0 Å². The van der Waals surface area contributed by atoms with Crippen molar-refractivity contribution < 1.29 is 22.6 Å². The first-order valence-corrected chi connectivity index (χ1v) is 8.61. The summed E-state index contributed by atoms with van der Waals surface area (Å²) in [4.78, 5) is 0. The van der Waals surface area contributed by atoms with Gasteiger partial charge in [-0.3, -0.25) is 0 Å². The standard InChI is InChI=1S/C22H19F3O2/c1-2-3-17-14-26-21(27-15-17)13-6-16-4-7-18(8-5-16)19-9-11-20(12-10-19)22(23,24)25/h2-5,7-12,17,21H,14-15H2,1H3/t17-,21-. The third kappa shape index (κ3) is 5.22. The molecule has 1 fully saturated rings. The molecular formula is C22H19F3O2. The van der Waals surface area contributed by atoms with E-state index in [2.05, 4.69) is 11.8 Å². The third-order valence-electron chi connectivity index (χ3n) is 4.15. The number of benzene rings is 2. The van der Waals surface area contributed by atoms with E-state index in [4.69, 9.17) is 9.47 Å². The van der Waals surface area contributed by atoms with Crippen LogP contribution in [0.2, 0.25) is 0 Å². The molecule has 0 N–H and O–H groups in total. The fourth-order valence-electron chi connectivity index (χ4n) is 2.72. The molecule has 0 radical (unpaired) electrons. The van der Waals surface area contributed by atoms with Crippen LogP contribution < -0.4 is 0 Å². The lowest BCUT2D eigenvalue weighted by Crippen LogP contribution is -2.30. The van der Waals surface area contributed by atoms with Crippen LogP contribution in [-0.2, 0) is 15.7 Å². The minimum atomic E-state index is -4.33. The Morgan fingerprint density at radius 2 is 1.48 bits per heavy atom. The van der Waals surface area contributed by atoms with Gasteiger partial charge in [0.1, 0.15) is 0 Å². The van der Waals surface area contributed by atoms with Crippen LogP contribution in [0.3, 0.4) is 0 Å². The number of rotatable bonds is 2. The van der Waals surface area contributed by atoms with Crippen LogP contribution >= 0.6 is 0 Å². The molecule has 0 bridgehead atoms. The summed E-state index contributed by atoms with van der Waals surface area (Å²) in [6.07, 6.45) is -0.847. The summed E-state index contributed by atoms with van der Waals surface area (Å²) in [7, 11) is 0. The highest BCUT2D eigenvalue weighted by Gasteiger charge is 2.29. The number of halogens is 3. The molecule has 0 aliphatic carbocycles. The van der Waals surface area contributed by atoms with E-state index < -0.39 is 18.0 Å². The van der Waals surface area contributed by atoms with Gasteiger partial charge in [-0.15, -0.1) is 0 Å². The lowest BCUT2D eigenvalue weighted by molar-refractivity contribution is -0.160. The van der Waals surface area contributed by atoms with Crippen molar-refractivity contribution in [3.8, 4) is 23.0 Å². The lowest BCUT2D eigenvalue weighted by atomic mass is 10.0. The summed E-state index contributed by atoms with van der Waals surface area (Å²) in [5, 5.41) is 0. The van der Waals surface area contributed by atoms with E-state index in [1.165, 1.54) is 12.1 Å². The molecule has 0 spiro atoms. The Balaban J connectivity index is 1.63. The SMILES string of the molecule is CC=C[C@H]1CO[C@H](C#Cc2ccc(-c3ccc(C(F)(F)F)cc3)cc2)OC1. The molecule has 0 saturated carbocycles. The molecule has 1 aliphatic rings. The maximum atomic E-state index is 12.6. The number of allylic oxidation sites excluding steroid dienone is 1. The van der Waals surface area contributed by atoms with Crippen molar-refractivity contribution in [2.75, 3.05) is 13.2 Å². The van der Waals surface area contributed by atoms with E-state index in [-0.39, 0.29) is 5.92 Å². The average molecular weight is 372 g/mol. The molecule has 2 aromatic carbocycles. The van der Waals surface area contributed by atoms with Crippen molar-refractivity contribution in [3.63, 3.8) is 0 Å². The van der Waals surface area contributed by atoms with E-state index in [1.807, 2.05) is 43.3 Å². The smallest absolute Gasteiger partial charge is 0.341 e. The van der Waals surface area contributed by atoms with Crippen LogP contribution in [0.15, 0.2) is 60.7 Å². The molecule has 0 unspecified atom stereocenters. The fourth-order valence-corrected chi connectivity index (χ4v) is 2.72. The van der Waals surface area contributed by atoms with Crippen molar-refractivity contribution in [2.45, 2.75) is 19.4 Å². The molecule has 5 heteroatoms. The molecule has 1 saturated heterocycles. The van der Waals surface area contributed by atoms with Gasteiger partial charge >= 0.3 is 6.18 Å². The van der Waals surface area contributed by atoms with Gasteiger partial charge in [-0.2, -0.15) is 13.2 Å². The molecule has 0 amide bonds. The number of ether oxygens (including phenoxy) is 2. The van der Waals surface area contributed by atoms with E-state index >= 15 is 0 Å². The minimum Gasteiger partial charge on any atom is -0.341 e. The molecule has 1 heterocycles. The molecule has 1 aliphatic heterocycles. The Bertz CT molecular complexity index is 832. The van der Waals surface area contributed by atoms with Crippen LogP contribution in [0.25, 0.3) is 11.1 Å². The predicted molar refractivity (Wildman–Crippen MR) is 97.8 cm³/mol. The molecule has 140 valence electrons. The molecule has 3 rings (SSSR count). The monoisotopic (exact) mass is 372 g/mol. The zero-order valence-electron chi connectivity index (χ0n) is 14.8. The van der Waals surface area contributed by atoms with Gasteiger partial charge < -0.3 is 9.47 Å². The van der Waals surface area contributed by atoms with Crippen LogP contribution in [-0.4, -0.2) is 19.5 Å². The summed E-state index contributed by atoms with van der Waals surface area (Å²) in [5.74, 6) is 6.20. The summed E-state index contributed by atoms with van der Waals surface area (Å²) in [5.41, 5.74) is 1.68. The first kappa shape index (κ1) is 19.2. The summed E-state index contributed by atoms with van der Waals surface area (Å²) >= 11 is 0. The zero-order chi connectivity index (χ0) is 19.3. The molecule has 2 nitrogen and oxygen atoms in total. The lowest BCUT2D eigenvalue weighted by Gasteiger charge is -2.24. The van der Waals surface area contributed by atoms with Crippen LogP contribution in [0.1, 0.15) is 18.1 Å². The largest absolute Gasteiger partial charge is 0.416 e. The first-order chi connectivity index (χ1) is 13.0. The maximum Gasteiger partial charge on any atom is 0.416 e. The summed E-state index contributed by atoms with van der Waals surface area (Å²) in [6, 6.07) is 12.4. The zero-order valence-corrected chi connectivity index (χ0v) is 14.8. The second kappa shape index (κ2) is 8.43. The quantitative estimate of drug-likeness (QED) is 0.527. The third-order valence-corrected chi connectivity index (χ3v) is 4.15. The average Bonchev–Trinajstić information content (AvgIpc) is 2.68. The highest BCUT2D eigenvalue weighted by atomic mass is 19.4. The van der Waals surface area contributed by atoms with Crippen LogP contribution in [0.5, 0.6) is 0 Å². The highest BCUT2D eigenvalue weighted by molar-refractivity contribution is 5.64. The normalized spacial score (nSPS) is 20.3. The van der Waals surface area contributed by atoms with E-state index in [0.29, 0.717) is 13.2 Å². The van der Waals surface area contributed by atoms with E-state index in [0.717, 1.165) is 28.8 Å². The van der Waals surface area contributed by atoms with Gasteiger partial charge in [0, 0.05) is 11.5 Å². The Labute approximate surface area is 156 Å². The Kier molecular flexibility index (Phi) is 6.00. The Morgan fingerprint density at radius 1 is 0.926 bits per heavy atom. The van der Waals surface area contributed by atoms with Gasteiger partial charge in [0.25, 0.3) is 0 Å². The van der Waals surface area contributed by atoms with Crippen molar-refractivity contribution in [3.05, 3.63) is 71.8 Å². The molecule has 0 atom stereocenters. The van der Waals surface area contributed by atoms with Crippen molar-refractivity contribution >= 4 is 0 Å². The minimum absolute atomic E-state index is 0.260. The summed E-state index contributed by atoms with van der Waals surface area (Å²) < 4.78 is 49.0. The number of hydrogen-bond donors (Lipinski definition) is 0. The molecule has 2 aromatic rings. The van der Waals surface area contributed by atoms with Crippen LogP contribution in [0.4, 0.5) is 13.2 Å². The predicted octanol–water partition coefficient (Wildman–Crippen LogP) is 5.29. The molecular weight excluding hydrogens is 353 g/mol. The van der Waals surface area contributed by atoms with Crippen molar-refractivity contribution in [1.82, 2.24) is 0 Å². The van der Waals surface area contributed by atoms with Gasteiger partial charge in [-0.25, -0.2) is 0 Å². The van der Waals surface area contributed by atoms with Gasteiger partial charge in [0.05, 0.1) is 18.8 Å². The van der Waals surface area contributed by atoms with Gasteiger partial charge in [0.2, 0.25) is 6.29 Å². The fraction of sp³-hybridized carbons (Fsp3) is 0.273. The van der Waals surface area contributed by atoms with Crippen LogP contribution in [0, 0.1) is 17.8 Å². The van der Waals surface area contributed by atoms with Gasteiger partial charge in [-0.1, -0.05) is 42.3 Å². The molecule has 27 heavy (non-hydrogen) atoms. The Morgan fingerprint density at radius 3 is 2.00 bits per heavy atom. The molecule has 0 aromatic heterocycles. The first-order valence-electron chi connectivity index (χ1n) is 8.61. The maximum absolute atomic E-state index is 12.6. The number of hydrogen-bond acceptors (Lipinski definition) is 2. The summed E-state index contributed by atoms with van der Waals surface area (Å²) in [6.45, 7) is 3.12. The van der Waals surface area contributed by atoms with Gasteiger partial charge in [-0.05, 0) is 48.2 Å². The van der Waals surface area contributed by atoms with E-state index in [9.17, 15) is 13.2 Å². The Hall–Kier alpha value is -2.55. The second-order valence-corrected chi connectivity index (χ2v) is 6.21. The number of alkyl halides is 3. The van der Waals surface area contributed by atoms with Gasteiger partial charge in [0.15, 0.2) is 0 Å². The van der Waals surface area contributed by atoms with E-state index in [1.54, 1.807) is 0 Å². The second-order valence-electron chi connectivity index (χ2n) is 6.21.